The second-order valence-electron chi connectivity index (χ2n) is 6.57. The van der Waals surface area contributed by atoms with Gasteiger partial charge in [0, 0.05) is 52.6 Å². The summed E-state index contributed by atoms with van der Waals surface area (Å²) in [6.07, 6.45) is 3.73. The van der Waals surface area contributed by atoms with E-state index in [0.29, 0.717) is 38.8 Å². The Morgan fingerprint density at radius 1 is 1.29 bits per heavy atom. The van der Waals surface area contributed by atoms with Gasteiger partial charge in [0.1, 0.15) is 0 Å². The minimum Gasteiger partial charge on any atom is -0.381 e. The molecule has 7 heteroatoms. The number of rotatable bonds is 6. The van der Waals surface area contributed by atoms with Gasteiger partial charge in [0.15, 0.2) is 0 Å². The molecular weight excluding hydrogens is 308 g/mol. The number of carbonyl (C=O) groups is 1. The Hall–Kier alpha value is -1.44. The molecule has 0 saturated carbocycles. The lowest BCUT2D eigenvalue weighted by molar-refractivity contribution is -0.142. The Balaban J connectivity index is 1.60. The zero-order valence-electron chi connectivity index (χ0n) is 14.4. The van der Waals surface area contributed by atoms with Crippen molar-refractivity contribution in [1.29, 1.82) is 0 Å². The number of nitrogens with one attached hydrogen (secondary N) is 1. The van der Waals surface area contributed by atoms with Crippen LogP contribution in [0.5, 0.6) is 0 Å². The lowest BCUT2D eigenvalue weighted by atomic mass is 9.84. The quantitative estimate of drug-likeness (QED) is 0.815. The molecule has 7 nitrogen and oxygen atoms in total. The number of amides is 1. The van der Waals surface area contributed by atoms with Gasteiger partial charge in [0.05, 0.1) is 24.8 Å². The Morgan fingerprint density at radius 3 is 2.67 bits per heavy atom. The standard InChI is InChI=1S/C17H28N4O3/c1-20-15(2-5-19-20)12-18-13-16(14-3-8-23-9-4-14)17(22)21-6-10-24-11-7-21/h2,5,14,16,18H,3-4,6-13H2,1H3. The van der Waals surface area contributed by atoms with Gasteiger partial charge in [-0.3, -0.25) is 9.48 Å². The number of hydrogen-bond donors (Lipinski definition) is 1. The van der Waals surface area contributed by atoms with Crippen LogP contribution in [-0.2, 0) is 27.9 Å². The molecule has 2 aliphatic rings. The van der Waals surface area contributed by atoms with E-state index in [1.165, 1.54) is 0 Å². The van der Waals surface area contributed by atoms with Crippen molar-refractivity contribution >= 4 is 5.91 Å². The largest absolute Gasteiger partial charge is 0.381 e. The van der Waals surface area contributed by atoms with Gasteiger partial charge in [-0.05, 0) is 24.8 Å². The van der Waals surface area contributed by atoms with Crippen LogP contribution in [0.4, 0.5) is 0 Å². The molecule has 2 saturated heterocycles. The number of ether oxygens (including phenoxy) is 2. The predicted octanol–water partition coefficient (Wildman–Crippen LogP) is 0.411. The van der Waals surface area contributed by atoms with Crippen molar-refractivity contribution in [1.82, 2.24) is 20.0 Å². The number of nitrogens with zero attached hydrogens (tertiary/aromatic N) is 3. The number of hydrogen-bond acceptors (Lipinski definition) is 5. The van der Waals surface area contributed by atoms with Crippen molar-refractivity contribution in [2.24, 2.45) is 18.9 Å². The van der Waals surface area contributed by atoms with Crippen LogP contribution in [0.2, 0.25) is 0 Å². The maximum absolute atomic E-state index is 13.0. The summed E-state index contributed by atoms with van der Waals surface area (Å²) >= 11 is 0. The van der Waals surface area contributed by atoms with E-state index in [9.17, 15) is 4.79 Å². The van der Waals surface area contributed by atoms with Crippen LogP contribution < -0.4 is 5.32 Å². The summed E-state index contributed by atoms with van der Waals surface area (Å²) in [5.41, 5.74) is 1.12. The van der Waals surface area contributed by atoms with Crippen molar-refractivity contribution in [2.45, 2.75) is 19.4 Å². The third-order valence-corrected chi connectivity index (χ3v) is 5.07. The Labute approximate surface area is 143 Å². The maximum atomic E-state index is 13.0. The fraction of sp³-hybridized carbons (Fsp3) is 0.765. The smallest absolute Gasteiger partial charge is 0.227 e. The highest BCUT2D eigenvalue weighted by atomic mass is 16.5. The van der Waals surface area contributed by atoms with Gasteiger partial charge in [-0.1, -0.05) is 0 Å². The number of carbonyl (C=O) groups excluding carboxylic acids is 1. The molecular formula is C17H28N4O3. The van der Waals surface area contributed by atoms with Crippen molar-refractivity contribution < 1.29 is 14.3 Å². The lowest BCUT2D eigenvalue weighted by Gasteiger charge is -2.35. The van der Waals surface area contributed by atoms with Gasteiger partial charge in [-0.2, -0.15) is 5.10 Å². The first-order valence-corrected chi connectivity index (χ1v) is 8.87. The van der Waals surface area contributed by atoms with Gasteiger partial charge < -0.3 is 19.7 Å². The van der Waals surface area contributed by atoms with Crippen LogP contribution >= 0.6 is 0 Å². The van der Waals surface area contributed by atoms with E-state index < -0.39 is 0 Å². The van der Waals surface area contributed by atoms with Crippen LogP contribution in [0.25, 0.3) is 0 Å². The van der Waals surface area contributed by atoms with E-state index in [-0.39, 0.29) is 11.8 Å². The van der Waals surface area contributed by atoms with Crippen molar-refractivity contribution in [3.05, 3.63) is 18.0 Å². The van der Waals surface area contributed by atoms with Crippen LogP contribution in [0.3, 0.4) is 0 Å². The molecule has 3 rings (SSSR count). The summed E-state index contributed by atoms with van der Waals surface area (Å²) in [5, 5.41) is 7.65. The zero-order valence-corrected chi connectivity index (χ0v) is 14.4. The normalized spacial score (nSPS) is 21.0. The molecule has 1 aromatic rings. The van der Waals surface area contributed by atoms with Crippen molar-refractivity contribution in [3.63, 3.8) is 0 Å². The van der Waals surface area contributed by atoms with Gasteiger partial charge in [0.2, 0.25) is 5.91 Å². The van der Waals surface area contributed by atoms with Crippen LogP contribution in [0.1, 0.15) is 18.5 Å². The summed E-state index contributed by atoms with van der Waals surface area (Å²) in [6, 6.07) is 2.00. The average molecular weight is 336 g/mol. The number of aromatic nitrogens is 2. The second kappa shape index (κ2) is 8.60. The van der Waals surface area contributed by atoms with E-state index >= 15 is 0 Å². The van der Waals surface area contributed by atoms with Gasteiger partial charge in [-0.15, -0.1) is 0 Å². The maximum Gasteiger partial charge on any atom is 0.227 e. The fourth-order valence-corrected chi connectivity index (χ4v) is 3.52. The summed E-state index contributed by atoms with van der Waals surface area (Å²) in [7, 11) is 1.94. The highest BCUT2D eigenvalue weighted by Gasteiger charge is 2.33. The SMILES string of the molecule is Cn1nccc1CNCC(C(=O)N1CCOCC1)C1CCOCC1. The Bertz CT molecular complexity index is 522. The third kappa shape index (κ3) is 4.34. The molecule has 1 N–H and O–H groups in total. The van der Waals surface area contributed by atoms with Crippen LogP contribution in [-0.4, -0.2) is 66.6 Å². The molecule has 134 valence electrons. The molecule has 3 heterocycles. The molecule has 1 aromatic heterocycles. The average Bonchev–Trinajstić information content (AvgIpc) is 3.05. The monoisotopic (exact) mass is 336 g/mol. The lowest BCUT2D eigenvalue weighted by Crippen LogP contribution is -2.48. The Kier molecular flexibility index (Phi) is 6.23. The summed E-state index contributed by atoms with van der Waals surface area (Å²) < 4.78 is 12.7. The van der Waals surface area contributed by atoms with Crippen molar-refractivity contribution in [3.8, 4) is 0 Å². The van der Waals surface area contributed by atoms with E-state index in [4.69, 9.17) is 9.47 Å². The van der Waals surface area contributed by atoms with Gasteiger partial charge >= 0.3 is 0 Å². The Morgan fingerprint density at radius 2 is 2.00 bits per heavy atom. The first kappa shape index (κ1) is 17.4. The fourth-order valence-electron chi connectivity index (χ4n) is 3.52. The molecule has 0 aromatic carbocycles. The molecule has 1 unspecified atom stereocenters. The van der Waals surface area contributed by atoms with Crippen LogP contribution in [0, 0.1) is 11.8 Å². The third-order valence-electron chi connectivity index (χ3n) is 5.07. The molecule has 1 amide bonds. The summed E-state index contributed by atoms with van der Waals surface area (Å²) in [5.74, 6) is 0.677. The molecule has 24 heavy (non-hydrogen) atoms. The summed E-state index contributed by atoms with van der Waals surface area (Å²) in [6.45, 7) is 5.67. The van der Waals surface area contributed by atoms with E-state index in [1.54, 1.807) is 6.20 Å². The van der Waals surface area contributed by atoms with Crippen molar-refractivity contribution in [2.75, 3.05) is 46.1 Å². The molecule has 0 aliphatic carbocycles. The van der Waals surface area contributed by atoms with Crippen LogP contribution in [0.15, 0.2) is 12.3 Å². The zero-order chi connectivity index (χ0) is 16.8. The number of aryl methyl sites for hydroxylation is 1. The summed E-state index contributed by atoms with van der Waals surface area (Å²) in [4.78, 5) is 15.0. The molecule has 2 aliphatic heterocycles. The topological polar surface area (TPSA) is 68.6 Å². The molecule has 0 radical (unpaired) electrons. The first-order valence-electron chi connectivity index (χ1n) is 8.87. The van der Waals surface area contributed by atoms with E-state index in [1.807, 2.05) is 22.7 Å². The predicted molar refractivity (Wildman–Crippen MR) is 89.3 cm³/mol. The number of morpholine rings is 1. The minimum atomic E-state index is 0.0141. The van der Waals surface area contributed by atoms with E-state index in [0.717, 1.165) is 38.3 Å². The first-order chi connectivity index (χ1) is 11.8. The molecule has 2 fully saturated rings. The molecule has 0 bridgehead atoms. The second-order valence-corrected chi connectivity index (χ2v) is 6.57. The van der Waals surface area contributed by atoms with Gasteiger partial charge in [-0.25, -0.2) is 0 Å². The van der Waals surface area contributed by atoms with Gasteiger partial charge in [0.25, 0.3) is 0 Å². The highest BCUT2D eigenvalue weighted by Crippen LogP contribution is 2.25. The van der Waals surface area contributed by atoms with E-state index in [2.05, 4.69) is 10.4 Å². The molecule has 1 atom stereocenters. The highest BCUT2D eigenvalue weighted by molar-refractivity contribution is 5.79. The minimum absolute atomic E-state index is 0.0141. The molecule has 0 spiro atoms.